The van der Waals surface area contributed by atoms with Crippen molar-refractivity contribution in [2.75, 3.05) is 31.1 Å². The van der Waals surface area contributed by atoms with E-state index in [2.05, 4.69) is 42.5 Å². The van der Waals surface area contributed by atoms with Gasteiger partial charge in [-0.05, 0) is 92.3 Å². The van der Waals surface area contributed by atoms with Crippen LogP contribution in [0.2, 0.25) is 0 Å². The zero-order valence-electron chi connectivity index (χ0n) is 28.8. The summed E-state index contributed by atoms with van der Waals surface area (Å²) in [6.07, 6.45) is 10.5. The fourth-order valence-electron chi connectivity index (χ4n) is 6.87. The van der Waals surface area contributed by atoms with Crippen LogP contribution in [0.15, 0.2) is 104 Å². The number of benzene rings is 2. The Kier molecular flexibility index (Phi) is 10.4. The summed E-state index contributed by atoms with van der Waals surface area (Å²) in [7, 11) is 0. The molecule has 5 aromatic rings. The summed E-state index contributed by atoms with van der Waals surface area (Å²) in [6, 6.07) is 24.1. The third kappa shape index (κ3) is 8.46. The van der Waals surface area contributed by atoms with E-state index in [1.165, 1.54) is 12.1 Å². The summed E-state index contributed by atoms with van der Waals surface area (Å²) in [4.78, 5) is 44.1. The van der Waals surface area contributed by atoms with Gasteiger partial charge in [-0.3, -0.25) is 24.5 Å². The second-order valence-electron chi connectivity index (χ2n) is 13.5. The second-order valence-corrected chi connectivity index (χ2v) is 13.5. The number of piperidine rings is 2. The Morgan fingerprint density at radius 1 is 0.725 bits per heavy atom. The average molecular weight is 684 g/mol. The molecule has 3 aromatic heterocycles. The first kappa shape index (κ1) is 34.0. The molecular formula is C41H42FN7O2. The van der Waals surface area contributed by atoms with E-state index in [9.17, 15) is 14.0 Å². The monoisotopic (exact) mass is 683 g/mol. The second kappa shape index (κ2) is 15.6. The first-order valence-corrected chi connectivity index (χ1v) is 17.6. The number of hydrogen-bond donors (Lipinski definition) is 2. The summed E-state index contributed by atoms with van der Waals surface area (Å²) in [5.74, 6) is 0.342. The van der Waals surface area contributed by atoms with Crippen molar-refractivity contribution in [2.45, 2.75) is 51.2 Å². The molecule has 2 N–H and O–H groups in total. The quantitative estimate of drug-likeness (QED) is 0.184. The highest BCUT2D eigenvalue weighted by Gasteiger charge is 2.24. The van der Waals surface area contributed by atoms with Crippen LogP contribution in [0.1, 0.15) is 57.7 Å². The largest absolute Gasteiger partial charge is 0.356 e. The Hall–Kier alpha value is -5.48. The number of carbonyl (C=O) groups excluding carboxylic acids is 2. The van der Waals surface area contributed by atoms with Crippen molar-refractivity contribution in [3.8, 4) is 22.3 Å². The number of aryl methyl sites for hydroxylation is 1. The van der Waals surface area contributed by atoms with Gasteiger partial charge in [0.1, 0.15) is 11.6 Å². The molecule has 0 atom stereocenters. The number of halogens is 1. The molecule has 9 nitrogen and oxygen atoms in total. The van der Waals surface area contributed by atoms with E-state index >= 15 is 0 Å². The molecule has 2 fully saturated rings. The van der Waals surface area contributed by atoms with Gasteiger partial charge in [0.05, 0.1) is 0 Å². The molecule has 0 saturated carbocycles. The van der Waals surface area contributed by atoms with Crippen LogP contribution >= 0.6 is 0 Å². The molecule has 2 aromatic carbocycles. The predicted molar refractivity (Wildman–Crippen MR) is 197 cm³/mol. The summed E-state index contributed by atoms with van der Waals surface area (Å²) in [6.45, 7) is 6.07. The van der Waals surface area contributed by atoms with Crippen molar-refractivity contribution in [1.29, 1.82) is 0 Å². The molecule has 0 aliphatic carbocycles. The Labute approximate surface area is 298 Å². The van der Waals surface area contributed by atoms with E-state index in [0.29, 0.717) is 22.3 Å². The molecule has 2 amide bonds. The molecule has 10 heteroatoms. The van der Waals surface area contributed by atoms with Crippen LogP contribution < -0.4 is 15.5 Å². The van der Waals surface area contributed by atoms with Gasteiger partial charge in [-0.2, -0.15) is 0 Å². The normalized spacial score (nSPS) is 15.8. The van der Waals surface area contributed by atoms with Gasteiger partial charge in [0.25, 0.3) is 11.8 Å². The van der Waals surface area contributed by atoms with Gasteiger partial charge >= 0.3 is 0 Å². The van der Waals surface area contributed by atoms with Crippen molar-refractivity contribution < 1.29 is 14.0 Å². The number of amides is 2. The van der Waals surface area contributed by atoms with Gasteiger partial charge in [-0.1, -0.05) is 30.3 Å². The van der Waals surface area contributed by atoms with E-state index in [4.69, 9.17) is 4.98 Å². The number of anilines is 1. The maximum Gasteiger partial charge on any atom is 0.251 e. The zero-order valence-corrected chi connectivity index (χ0v) is 28.8. The molecule has 0 radical (unpaired) electrons. The number of pyridine rings is 3. The van der Waals surface area contributed by atoms with Gasteiger partial charge in [-0.15, -0.1) is 0 Å². The van der Waals surface area contributed by atoms with Gasteiger partial charge < -0.3 is 15.5 Å². The van der Waals surface area contributed by atoms with Crippen LogP contribution in [0.5, 0.6) is 0 Å². The summed E-state index contributed by atoms with van der Waals surface area (Å²) in [5.41, 5.74) is 6.08. The Balaban J connectivity index is 0.848. The molecule has 0 unspecified atom stereocenters. The first-order chi connectivity index (χ1) is 24.9. The zero-order chi connectivity index (χ0) is 35.2. The van der Waals surface area contributed by atoms with E-state index in [-0.39, 0.29) is 29.7 Å². The van der Waals surface area contributed by atoms with Crippen molar-refractivity contribution in [1.82, 2.24) is 30.5 Å². The SMILES string of the molecule is Cc1ccc(-c2cc(C(=O)NC3CCN(Cc4ccc(N5CCC(NC(=O)c6cccc(-c7cccnc7)c6)CC5)nc4)CC3)ccc2F)cn1. The lowest BCUT2D eigenvalue weighted by Gasteiger charge is -2.34. The molecule has 7 rings (SSSR count). The Bertz CT molecular complexity index is 1960. The third-order valence-corrected chi connectivity index (χ3v) is 9.86. The maximum atomic E-state index is 14.6. The number of rotatable bonds is 9. The lowest BCUT2D eigenvalue weighted by Crippen LogP contribution is -2.45. The average Bonchev–Trinajstić information content (AvgIpc) is 3.17. The van der Waals surface area contributed by atoms with Gasteiger partial charge in [0.15, 0.2) is 0 Å². The lowest BCUT2D eigenvalue weighted by atomic mass is 10.0. The smallest absolute Gasteiger partial charge is 0.251 e. The highest BCUT2D eigenvalue weighted by Crippen LogP contribution is 2.25. The summed E-state index contributed by atoms with van der Waals surface area (Å²) >= 11 is 0. The van der Waals surface area contributed by atoms with Crippen LogP contribution in [0.3, 0.4) is 0 Å². The van der Waals surface area contributed by atoms with Crippen molar-refractivity contribution in [3.63, 3.8) is 0 Å². The Morgan fingerprint density at radius 3 is 2.12 bits per heavy atom. The first-order valence-electron chi connectivity index (χ1n) is 17.6. The van der Waals surface area contributed by atoms with Crippen LogP contribution in [0.4, 0.5) is 10.2 Å². The van der Waals surface area contributed by atoms with Gasteiger partial charge in [0.2, 0.25) is 0 Å². The minimum Gasteiger partial charge on any atom is -0.356 e. The molecule has 2 aliphatic rings. The highest BCUT2D eigenvalue weighted by atomic mass is 19.1. The Morgan fingerprint density at radius 2 is 1.45 bits per heavy atom. The van der Waals surface area contributed by atoms with Crippen LogP contribution in [0.25, 0.3) is 22.3 Å². The topological polar surface area (TPSA) is 103 Å². The molecule has 51 heavy (non-hydrogen) atoms. The number of carbonyl (C=O) groups is 2. The standard InChI is InChI=1S/C41H42FN7O2/c1-28-7-9-34(26-44-28)37-23-32(10-11-38(37)42)41(51)46-35-13-18-48(19-14-35)27-29-8-12-39(45-24-29)49-20-15-36(16-21-49)47-40(50)31-5-2-4-30(22-31)33-6-3-17-43-25-33/h2-12,17,22-26,35-36H,13-16,18-21,27H2,1H3,(H,46,51)(H,47,50). The van der Waals surface area contributed by atoms with Crippen molar-refractivity contribution in [3.05, 3.63) is 132 Å². The van der Waals surface area contributed by atoms with E-state index in [1.807, 2.05) is 61.7 Å². The van der Waals surface area contributed by atoms with Gasteiger partial charge in [0, 0.05) is 103 Å². The molecule has 0 spiro atoms. The molecule has 260 valence electrons. The van der Waals surface area contributed by atoms with Gasteiger partial charge in [-0.25, -0.2) is 9.37 Å². The number of hydrogen-bond acceptors (Lipinski definition) is 7. The number of likely N-dealkylation sites (tertiary alicyclic amines) is 1. The molecule has 5 heterocycles. The fraction of sp³-hybridized carbons (Fsp3) is 0.293. The minimum absolute atomic E-state index is 0.0496. The van der Waals surface area contributed by atoms with Crippen LogP contribution in [-0.4, -0.2) is 69.9 Å². The molecular weight excluding hydrogens is 641 g/mol. The number of nitrogens with one attached hydrogen (secondary N) is 2. The van der Waals surface area contributed by atoms with Crippen LogP contribution in [-0.2, 0) is 6.54 Å². The van der Waals surface area contributed by atoms with E-state index < -0.39 is 0 Å². The lowest BCUT2D eigenvalue weighted by molar-refractivity contribution is 0.0906. The molecule has 2 saturated heterocycles. The van der Waals surface area contributed by atoms with Crippen LogP contribution in [0, 0.1) is 12.7 Å². The van der Waals surface area contributed by atoms with E-state index in [1.54, 1.807) is 24.7 Å². The highest BCUT2D eigenvalue weighted by molar-refractivity contribution is 5.96. The maximum absolute atomic E-state index is 14.6. The summed E-state index contributed by atoms with van der Waals surface area (Å²) in [5, 5.41) is 6.38. The third-order valence-electron chi connectivity index (χ3n) is 9.86. The summed E-state index contributed by atoms with van der Waals surface area (Å²) < 4.78 is 14.6. The molecule has 2 aliphatic heterocycles. The minimum atomic E-state index is -0.376. The fourth-order valence-corrected chi connectivity index (χ4v) is 6.87. The number of aromatic nitrogens is 3. The predicted octanol–water partition coefficient (Wildman–Crippen LogP) is 6.45. The van der Waals surface area contributed by atoms with Crippen molar-refractivity contribution >= 4 is 17.6 Å². The number of nitrogens with zero attached hydrogens (tertiary/aromatic N) is 5. The van der Waals surface area contributed by atoms with E-state index in [0.717, 1.165) is 86.6 Å². The molecule has 0 bridgehead atoms. The van der Waals surface area contributed by atoms with Crippen molar-refractivity contribution in [2.24, 2.45) is 0 Å².